The SMILES string of the molecule is COc1ccc2c(C#N)[c]ccc2c1. The smallest absolute Gasteiger partial charge is 0.119 e. The first-order valence-corrected chi connectivity index (χ1v) is 4.23. The maximum Gasteiger partial charge on any atom is 0.119 e. The first kappa shape index (κ1) is 8.58. The second kappa shape index (κ2) is 3.39. The number of ether oxygens (including phenoxy) is 1. The summed E-state index contributed by atoms with van der Waals surface area (Å²) >= 11 is 0. The minimum atomic E-state index is 0.574. The van der Waals surface area contributed by atoms with Gasteiger partial charge in [-0.15, -0.1) is 0 Å². The van der Waals surface area contributed by atoms with Gasteiger partial charge in [-0.25, -0.2) is 0 Å². The number of hydrogen-bond acceptors (Lipinski definition) is 2. The first-order chi connectivity index (χ1) is 6.85. The second-order valence-corrected chi connectivity index (χ2v) is 2.92. The van der Waals surface area contributed by atoms with E-state index in [1.807, 2.05) is 24.3 Å². The second-order valence-electron chi connectivity index (χ2n) is 2.92. The Balaban J connectivity index is 2.75. The summed E-state index contributed by atoms with van der Waals surface area (Å²) in [5.74, 6) is 0.799. The van der Waals surface area contributed by atoms with Crippen LogP contribution >= 0.6 is 0 Å². The molecule has 2 heteroatoms. The summed E-state index contributed by atoms with van der Waals surface area (Å²) in [5, 5.41) is 10.8. The van der Waals surface area contributed by atoms with Crippen molar-refractivity contribution < 1.29 is 4.74 Å². The molecule has 0 aliphatic carbocycles. The summed E-state index contributed by atoms with van der Waals surface area (Å²) in [5.41, 5.74) is 0.574. The summed E-state index contributed by atoms with van der Waals surface area (Å²) in [6.45, 7) is 0. The van der Waals surface area contributed by atoms with Gasteiger partial charge in [0.25, 0.3) is 0 Å². The van der Waals surface area contributed by atoms with Crippen LogP contribution in [0.4, 0.5) is 0 Å². The molecule has 14 heavy (non-hydrogen) atoms. The molecule has 0 amide bonds. The molecular formula is C12H8NO. The van der Waals surface area contributed by atoms with Crippen LogP contribution in [0.5, 0.6) is 5.75 Å². The average molecular weight is 182 g/mol. The number of nitrogens with zero attached hydrogens (tertiary/aromatic N) is 1. The zero-order valence-corrected chi connectivity index (χ0v) is 7.74. The van der Waals surface area contributed by atoms with E-state index in [1.54, 1.807) is 13.2 Å². The van der Waals surface area contributed by atoms with Crippen LogP contribution in [0.25, 0.3) is 10.8 Å². The van der Waals surface area contributed by atoms with Crippen molar-refractivity contribution in [2.75, 3.05) is 7.11 Å². The maximum atomic E-state index is 8.85. The highest BCUT2D eigenvalue weighted by Gasteiger charge is 2.00. The highest BCUT2D eigenvalue weighted by molar-refractivity contribution is 5.88. The lowest BCUT2D eigenvalue weighted by Gasteiger charge is -2.02. The Hall–Kier alpha value is -2.01. The molecule has 0 bridgehead atoms. The van der Waals surface area contributed by atoms with E-state index in [0.717, 1.165) is 16.5 Å². The van der Waals surface area contributed by atoms with E-state index in [1.165, 1.54) is 0 Å². The Bertz CT molecular complexity index is 511. The van der Waals surface area contributed by atoms with Gasteiger partial charge < -0.3 is 4.74 Å². The van der Waals surface area contributed by atoms with Gasteiger partial charge in [0.15, 0.2) is 0 Å². The molecule has 0 fully saturated rings. The fraction of sp³-hybridized carbons (Fsp3) is 0.0833. The molecule has 0 N–H and O–H groups in total. The van der Waals surface area contributed by atoms with Crippen molar-refractivity contribution in [3.05, 3.63) is 42.0 Å². The third-order valence-electron chi connectivity index (χ3n) is 2.13. The molecule has 0 heterocycles. The predicted molar refractivity (Wildman–Crippen MR) is 54.1 cm³/mol. The Morgan fingerprint density at radius 1 is 1.36 bits per heavy atom. The third kappa shape index (κ3) is 1.29. The fourth-order valence-corrected chi connectivity index (χ4v) is 1.42. The van der Waals surface area contributed by atoms with Crippen LogP contribution in [0.1, 0.15) is 5.56 Å². The minimum Gasteiger partial charge on any atom is -0.497 e. The number of nitriles is 1. The van der Waals surface area contributed by atoms with Crippen molar-refractivity contribution in [1.82, 2.24) is 0 Å². The maximum absolute atomic E-state index is 8.85. The zero-order valence-electron chi connectivity index (χ0n) is 7.74. The molecule has 0 saturated heterocycles. The third-order valence-corrected chi connectivity index (χ3v) is 2.13. The number of rotatable bonds is 1. The standard InChI is InChI=1S/C12H8NO/c1-14-11-5-6-12-9(7-11)3-2-4-10(12)8-13/h2-3,5-7H,1H3. The van der Waals surface area contributed by atoms with E-state index >= 15 is 0 Å². The lowest BCUT2D eigenvalue weighted by Crippen LogP contribution is -1.84. The molecule has 0 unspecified atom stereocenters. The van der Waals surface area contributed by atoms with E-state index in [-0.39, 0.29) is 0 Å². The van der Waals surface area contributed by atoms with Crippen molar-refractivity contribution in [1.29, 1.82) is 5.26 Å². The summed E-state index contributed by atoms with van der Waals surface area (Å²) in [7, 11) is 1.63. The average Bonchev–Trinajstić information content (AvgIpc) is 2.27. The lowest BCUT2D eigenvalue weighted by atomic mass is 10.1. The molecule has 2 aromatic rings. The van der Waals surface area contributed by atoms with Crippen LogP contribution in [0.15, 0.2) is 30.3 Å². The largest absolute Gasteiger partial charge is 0.497 e. The van der Waals surface area contributed by atoms with Crippen LogP contribution in [0.3, 0.4) is 0 Å². The first-order valence-electron chi connectivity index (χ1n) is 4.23. The van der Waals surface area contributed by atoms with Gasteiger partial charge in [0.1, 0.15) is 11.8 Å². The topological polar surface area (TPSA) is 33.0 Å². The zero-order chi connectivity index (χ0) is 9.97. The van der Waals surface area contributed by atoms with E-state index < -0.39 is 0 Å². The normalized spacial score (nSPS) is 9.71. The van der Waals surface area contributed by atoms with Crippen LogP contribution in [-0.4, -0.2) is 7.11 Å². The van der Waals surface area contributed by atoms with Gasteiger partial charge in [-0.05, 0) is 23.6 Å². The molecule has 0 spiro atoms. The Kier molecular flexibility index (Phi) is 2.08. The van der Waals surface area contributed by atoms with Gasteiger partial charge in [0.05, 0.1) is 12.7 Å². The summed E-state index contributed by atoms with van der Waals surface area (Å²) < 4.78 is 5.10. The number of hydrogen-bond donors (Lipinski definition) is 0. The van der Waals surface area contributed by atoms with E-state index in [2.05, 4.69) is 12.1 Å². The van der Waals surface area contributed by atoms with Gasteiger partial charge in [-0.1, -0.05) is 12.1 Å². The molecular weight excluding hydrogens is 174 g/mol. The van der Waals surface area contributed by atoms with Crippen molar-refractivity contribution in [3.8, 4) is 11.8 Å². The summed E-state index contributed by atoms with van der Waals surface area (Å²) in [6, 6.07) is 14.3. The van der Waals surface area contributed by atoms with Crippen LogP contribution in [-0.2, 0) is 0 Å². The highest BCUT2D eigenvalue weighted by atomic mass is 16.5. The van der Waals surface area contributed by atoms with Crippen molar-refractivity contribution in [2.24, 2.45) is 0 Å². The highest BCUT2D eigenvalue weighted by Crippen LogP contribution is 2.22. The van der Waals surface area contributed by atoms with E-state index in [0.29, 0.717) is 5.56 Å². The van der Waals surface area contributed by atoms with Gasteiger partial charge >= 0.3 is 0 Å². The van der Waals surface area contributed by atoms with Crippen LogP contribution in [0, 0.1) is 17.4 Å². The monoisotopic (exact) mass is 182 g/mol. The number of fused-ring (bicyclic) bond motifs is 1. The number of benzene rings is 2. The van der Waals surface area contributed by atoms with Gasteiger partial charge in [0.2, 0.25) is 0 Å². The lowest BCUT2D eigenvalue weighted by molar-refractivity contribution is 0.415. The molecule has 2 nitrogen and oxygen atoms in total. The van der Waals surface area contributed by atoms with E-state index in [4.69, 9.17) is 10.00 Å². The molecule has 0 atom stereocenters. The molecule has 67 valence electrons. The molecule has 0 aliphatic rings. The number of methoxy groups -OCH3 is 1. The van der Waals surface area contributed by atoms with Gasteiger partial charge in [0, 0.05) is 11.5 Å². The van der Waals surface area contributed by atoms with Gasteiger partial charge in [-0.3, -0.25) is 0 Å². The Morgan fingerprint density at radius 2 is 2.21 bits per heavy atom. The van der Waals surface area contributed by atoms with Gasteiger partial charge in [-0.2, -0.15) is 5.26 Å². The molecule has 0 saturated carbocycles. The molecule has 1 radical (unpaired) electrons. The van der Waals surface area contributed by atoms with Crippen molar-refractivity contribution in [3.63, 3.8) is 0 Å². The molecule has 0 aliphatic heterocycles. The Labute approximate surface area is 82.3 Å². The molecule has 2 rings (SSSR count). The van der Waals surface area contributed by atoms with Crippen LogP contribution in [0.2, 0.25) is 0 Å². The summed E-state index contributed by atoms with van der Waals surface area (Å²) in [6.07, 6.45) is 0. The van der Waals surface area contributed by atoms with Crippen LogP contribution < -0.4 is 4.74 Å². The predicted octanol–water partition coefficient (Wildman–Crippen LogP) is 2.52. The van der Waals surface area contributed by atoms with Crippen molar-refractivity contribution >= 4 is 10.8 Å². The van der Waals surface area contributed by atoms with Crippen molar-refractivity contribution in [2.45, 2.75) is 0 Å². The summed E-state index contributed by atoms with van der Waals surface area (Å²) in [4.78, 5) is 0. The van der Waals surface area contributed by atoms with E-state index in [9.17, 15) is 0 Å². The minimum absolute atomic E-state index is 0.574. The fourth-order valence-electron chi connectivity index (χ4n) is 1.42. The quantitative estimate of drug-likeness (QED) is 0.678. The molecule has 0 aromatic heterocycles. The molecule has 2 aromatic carbocycles. The Morgan fingerprint density at radius 3 is 2.93 bits per heavy atom.